The Morgan fingerprint density at radius 2 is 1.52 bits per heavy atom. The number of rotatable bonds is 4. The molecule has 0 radical (unpaired) electrons. The highest BCUT2D eigenvalue weighted by atomic mass is 16.6. The Kier molecular flexibility index (Phi) is 5.09. The van der Waals surface area contributed by atoms with E-state index in [2.05, 4.69) is 20.8 Å². The first-order valence-corrected chi connectivity index (χ1v) is 7.77. The number of hydrogen-bond acceptors (Lipinski definition) is 3. The fourth-order valence-electron chi connectivity index (χ4n) is 2.13. The van der Waals surface area contributed by atoms with Gasteiger partial charge in [-0.05, 0) is 60.2 Å². The number of carbonyl (C=O) groups is 1. The molecule has 0 fully saturated rings. The summed E-state index contributed by atoms with van der Waals surface area (Å²) in [5.41, 5.74) is 3.60. The summed E-state index contributed by atoms with van der Waals surface area (Å²) in [4.78, 5) is 11.9. The first-order chi connectivity index (χ1) is 10.8. The number of benzene rings is 2. The Morgan fingerprint density at radius 1 is 0.913 bits per heavy atom. The number of esters is 1. The minimum Gasteiger partial charge on any atom is -0.482 e. The van der Waals surface area contributed by atoms with Crippen LogP contribution in [-0.2, 0) is 10.2 Å². The lowest BCUT2D eigenvalue weighted by Crippen LogP contribution is -2.18. The molecule has 2 aromatic rings. The van der Waals surface area contributed by atoms with E-state index in [1.165, 1.54) is 11.1 Å². The highest BCUT2D eigenvalue weighted by Crippen LogP contribution is 2.24. The van der Waals surface area contributed by atoms with E-state index in [9.17, 15) is 4.79 Å². The van der Waals surface area contributed by atoms with Gasteiger partial charge in [-0.2, -0.15) is 0 Å². The van der Waals surface area contributed by atoms with Gasteiger partial charge in [0, 0.05) is 0 Å². The molecule has 3 nitrogen and oxygen atoms in total. The Labute approximate surface area is 138 Å². The van der Waals surface area contributed by atoms with Gasteiger partial charge in [0.15, 0.2) is 6.61 Å². The second-order valence-electron chi connectivity index (χ2n) is 6.78. The Morgan fingerprint density at radius 3 is 2.09 bits per heavy atom. The molecule has 0 saturated heterocycles. The fourth-order valence-corrected chi connectivity index (χ4v) is 2.13. The molecule has 0 unspecified atom stereocenters. The monoisotopic (exact) mass is 312 g/mol. The van der Waals surface area contributed by atoms with E-state index >= 15 is 0 Å². The van der Waals surface area contributed by atoms with Crippen LogP contribution in [-0.4, -0.2) is 12.6 Å². The van der Waals surface area contributed by atoms with Crippen molar-refractivity contribution in [1.29, 1.82) is 0 Å². The molecule has 2 rings (SSSR count). The zero-order valence-electron chi connectivity index (χ0n) is 14.5. The van der Waals surface area contributed by atoms with Crippen LogP contribution in [0.2, 0.25) is 0 Å². The summed E-state index contributed by atoms with van der Waals surface area (Å²) in [5.74, 6) is 0.798. The van der Waals surface area contributed by atoms with Gasteiger partial charge in [0.25, 0.3) is 0 Å². The molecule has 0 heterocycles. The predicted octanol–water partition coefficient (Wildman–Crippen LogP) is 4.59. The van der Waals surface area contributed by atoms with Crippen LogP contribution in [0.15, 0.2) is 42.5 Å². The molecule has 0 spiro atoms. The summed E-state index contributed by atoms with van der Waals surface area (Å²) in [6.07, 6.45) is 0. The molecule has 0 aliphatic carbocycles. The molecule has 0 amide bonds. The van der Waals surface area contributed by atoms with Crippen LogP contribution in [0.4, 0.5) is 0 Å². The smallest absolute Gasteiger partial charge is 0.349 e. The average Bonchev–Trinajstić information content (AvgIpc) is 2.48. The molecule has 122 valence electrons. The van der Waals surface area contributed by atoms with Crippen molar-refractivity contribution in [3.63, 3.8) is 0 Å². The lowest BCUT2D eigenvalue weighted by molar-refractivity contribution is -0.136. The SMILES string of the molecule is Cc1ccc(OCC(=O)Oc2ccc(C(C)(C)C)cc2)cc1C. The molecule has 23 heavy (non-hydrogen) atoms. The summed E-state index contributed by atoms with van der Waals surface area (Å²) in [5, 5.41) is 0. The number of carbonyl (C=O) groups excluding carboxylic acids is 1. The second-order valence-corrected chi connectivity index (χ2v) is 6.78. The van der Waals surface area contributed by atoms with Gasteiger partial charge in [0.1, 0.15) is 11.5 Å². The van der Waals surface area contributed by atoms with Crippen LogP contribution >= 0.6 is 0 Å². The van der Waals surface area contributed by atoms with Crippen LogP contribution in [0.25, 0.3) is 0 Å². The first-order valence-electron chi connectivity index (χ1n) is 7.77. The zero-order chi connectivity index (χ0) is 17.0. The van der Waals surface area contributed by atoms with Crippen molar-refractivity contribution in [1.82, 2.24) is 0 Å². The summed E-state index contributed by atoms with van der Waals surface area (Å²) in [6, 6.07) is 13.3. The van der Waals surface area contributed by atoms with E-state index in [1.807, 2.05) is 56.3 Å². The molecule has 0 N–H and O–H groups in total. The van der Waals surface area contributed by atoms with Crippen LogP contribution in [0.3, 0.4) is 0 Å². The van der Waals surface area contributed by atoms with E-state index in [1.54, 1.807) is 0 Å². The van der Waals surface area contributed by atoms with Crippen LogP contribution in [0.1, 0.15) is 37.5 Å². The van der Waals surface area contributed by atoms with E-state index in [-0.39, 0.29) is 12.0 Å². The third-order valence-corrected chi connectivity index (χ3v) is 3.79. The average molecular weight is 312 g/mol. The highest BCUT2D eigenvalue weighted by Gasteiger charge is 2.14. The number of ether oxygens (including phenoxy) is 2. The summed E-state index contributed by atoms with van der Waals surface area (Å²) < 4.78 is 10.8. The first kappa shape index (κ1) is 17.1. The van der Waals surface area contributed by atoms with Gasteiger partial charge >= 0.3 is 5.97 Å². The van der Waals surface area contributed by atoms with Crippen molar-refractivity contribution < 1.29 is 14.3 Å². The third kappa shape index (κ3) is 4.85. The van der Waals surface area contributed by atoms with Crippen molar-refractivity contribution in [3.8, 4) is 11.5 Å². The van der Waals surface area contributed by atoms with Crippen molar-refractivity contribution >= 4 is 5.97 Å². The maximum absolute atomic E-state index is 11.9. The minimum absolute atomic E-state index is 0.0783. The third-order valence-electron chi connectivity index (χ3n) is 3.79. The van der Waals surface area contributed by atoms with Crippen molar-refractivity contribution in [3.05, 3.63) is 59.2 Å². The van der Waals surface area contributed by atoms with Crippen LogP contribution in [0, 0.1) is 13.8 Å². The molecule has 0 atom stereocenters. The summed E-state index contributed by atoms with van der Waals surface area (Å²) in [6.45, 7) is 10.4. The van der Waals surface area contributed by atoms with Gasteiger partial charge in [0.05, 0.1) is 0 Å². The van der Waals surface area contributed by atoms with Crippen molar-refractivity contribution in [2.45, 2.75) is 40.0 Å². The van der Waals surface area contributed by atoms with Gasteiger partial charge in [-0.25, -0.2) is 4.79 Å². The Balaban J connectivity index is 1.90. The highest BCUT2D eigenvalue weighted by molar-refractivity contribution is 5.74. The summed E-state index contributed by atoms with van der Waals surface area (Å²) in [7, 11) is 0. The van der Waals surface area contributed by atoms with Gasteiger partial charge in [-0.1, -0.05) is 39.0 Å². The standard InChI is InChI=1S/C20H24O3/c1-14-6-9-18(12-15(14)2)22-13-19(21)23-17-10-7-16(8-11-17)20(3,4)5/h6-12H,13H2,1-5H3. The molecule has 0 bridgehead atoms. The molecular formula is C20H24O3. The molecular weight excluding hydrogens is 288 g/mol. The molecule has 0 saturated carbocycles. The largest absolute Gasteiger partial charge is 0.482 e. The quantitative estimate of drug-likeness (QED) is 0.612. The van der Waals surface area contributed by atoms with Gasteiger partial charge in [-0.15, -0.1) is 0 Å². The topological polar surface area (TPSA) is 35.5 Å². The van der Waals surface area contributed by atoms with E-state index in [4.69, 9.17) is 9.47 Å². The molecule has 3 heteroatoms. The van der Waals surface area contributed by atoms with E-state index < -0.39 is 5.97 Å². The van der Waals surface area contributed by atoms with Gasteiger partial charge < -0.3 is 9.47 Å². The summed E-state index contributed by atoms with van der Waals surface area (Å²) >= 11 is 0. The molecule has 2 aromatic carbocycles. The second kappa shape index (κ2) is 6.86. The normalized spacial score (nSPS) is 11.2. The maximum atomic E-state index is 11.9. The number of hydrogen-bond donors (Lipinski definition) is 0. The molecule has 0 aliphatic rings. The Bertz CT molecular complexity index is 679. The number of aryl methyl sites for hydroxylation is 2. The van der Waals surface area contributed by atoms with Crippen LogP contribution in [0.5, 0.6) is 11.5 Å². The molecule has 0 aromatic heterocycles. The zero-order valence-corrected chi connectivity index (χ0v) is 14.5. The van der Waals surface area contributed by atoms with E-state index in [0.29, 0.717) is 11.5 Å². The predicted molar refractivity (Wildman–Crippen MR) is 92.2 cm³/mol. The van der Waals surface area contributed by atoms with Crippen molar-refractivity contribution in [2.75, 3.05) is 6.61 Å². The Hall–Kier alpha value is -2.29. The lowest BCUT2D eigenvalue weighted by Gasteiger charge is -2.19. The minimum atomic E-state index is -0.410. The maximum Gasteiger partial charge on any atom is 0.349 e. The lowest BCUT2D eigenvalue weighted by atomic mass is 9.87. The van der Waals surface area contributed by atoms with Gasteiger partial charge in [0.2, 0.25) is 0 Å². The fraction of sp³-hybridized carbons (Fsp3) is 0.350. The van der Waals surface area contributed by atoms with Gasteiger partial charge in [-0.3, -0.25) is 0 Å². The van der Waals surface area contributed by atoms with Crippen molar-refractivity contribution in [2.24, 2.45) is 0 Å². The van der Waals surface area contributed by atoms with Crippen LogP contribution < -0.4 is 9.47 Å². The molecule has 0 aliphatic heterocycles. The van der Waals surface area contributed by atoms with E-state index in [0.717, 1.165) is 5.56 Å².